The molecule has 1 aromatic heterocycles. The van der Waals surface area contributed by atoms with Crippen molar-refractivity contribution in [3.8, 4) is 0 Å². The van der Waals surface area contributed by atoms with Crippen molar-refractivity contribution in [3.05, 3.63) is 34.3 Å². The number of fused-ring (bicyclic) bond motifs is 1. The monoisotopic (exact) mass is 274 g/mol. The van der Waals surface area contributed by atoms with E-state index in [-0.39, 0.29) is 5.91 Å². The zero-order valence-electron chi connectivity index (χ0n) is 11.6. The van der Waals surface area contributed by atoms with Crippen LogP contribution in [0.25, 0.3) is 11.1 Å². The lowest BCUT2D eigenvalue weighted by atomic mass is 10.1. The van der Waals surface area contributed by atoms with E-state index in [1.807, 2.05) is 4.90 Å². The highest BCUT2D eigenvalue weighted by atomic mass is 16.4. The van der Waals surface area contributed by atoms with E-state index >= 15 is 0 Å². The molecule has 5 heteroatoms. The Hall–Kier alpha value is -2.04. The van der Waals surface area contributed by atoms with Crippen LogP contribution in [-0.4, -0.2) is 28.5 Å². The predicted octanol–water partition coefficient (Wildman–Crippen LogP) is 2.15. The van der Waals surface area contributed by atoms with Gasteiger partial charge in [0.15, 0.2) is 5.58 Å². The number of hydrogen-bond acceptors (Lipinski definition) is 3. The number of amides is 1. The lowest BCUT2D eigenvalue weighted by Crippen LogP contribution is -2.31. The fourth-order valence-corrected chi connectivity index (χ4v) is 2.72. The fourth-order valence-electron chi connectivity index (χ4n) is 2.72. The highest BCUT2D eigenvalue weighted by molar-refractivity contribution is 5.97. The molecule has 1 saturated heterocycles. The molecule has 0 atom stereocenters. The van der Waals surface area contributed by atoms with Crippen LogP contribution in [0, 0.1) is 0 Å². The minimum Gasteiger partial charge on any atom is -0.408 e. The van der Waals surface area contributed by atoms with Crippen molar-refractivity contribution in [1.82, 2.24) is 9.47 Å². The molecule has 0 spiro atoms. The second-order valence-electron chi connectivity index (χ2n) is 5.32. The first kappa shape index (κ1) is 13.0. The van der Waals surface area contributed by atoms with Gasteiger partial charge in [-0.2, -0.15) is 0 Å². The highest BCUT2D eigenvalue weighted by Gasteiger charge is 2.18. The SMILES string of the molecule is Cn1c(=O)oc2cc(C(=O)N3CCCCCC3)ccc21. The maximum Gasteiger partial charge on any atom is 0.419 e. The van der Waals surface area contributed by atoms with E-state index < -0.39 is 5.76 Å². The molecular formula is C15H18N2O3. The third kappa shape index (κ3) is 2.24. The minimum absolute atomic E-state index is 0.0281. The molecule has 1 aromatic carbocycles. The maximum atomic E-state index is 12.5. The molecule has 1 aliphatic rings. The average Bonchev–Trinajstić information content (AvgIpc) is 2.65. The lowest BCUT2D eigenvalue weighted by molar-refractivity contribution is 0.0761. The molecule has 0 N–H and O–H groups in total. The standard InChI is InChI=1S/C15H18N2O3/c1-16-12-7-6-11(10-13(12)20-15(16)19)14(18)17-8-4-2-3-5-9-17/h6-7,10H,2-5,8-9H2,1H3. The second-order valence-corrected chi connectivity index (χ2v) is 5.32. The third-order valence-corrected chi connectivity index (χ3v) is 3.93. The number of rotatable bonds is 1. The van der Waals surface area contributed by atoms with E-state index in [4.69, 9.17) is 4.42 Å². The molecule has 5 nitrogen and oxygen atoms in total. The Balaban J connectivity index is 1.93. The van der Waals surface area contributed by atoms with E-state index in [2.05, 4.69) is 0 Å². The zero-order chi connectivity index (χ0) is 14.1. The lowest BCUT2D eigenvalue weighted by Gasteiger charge is -2.20. The van der Waals surface area contributed by atoms with Gasteiger partial charge in [-0.25, -0.2) is 4.79 Å². The molecule has 0 bridgehead atoms. The summed E-state index contributed by atoms with van der Waals surface area (Å²) in [4.78, 5) is 25.9. The molecule has 0 unspecified atom stereocenters. The van der Waals surface area contributed by atoms with Crippen LogP contribution in [0.2, 0.25) is 0 Å². The number of nitrogens with zero attached hydrogens (tertiary/aromatic N) is 2. The van der Waals surface area contributed by atoms with Crippen LogP contribution in [0.1, 0.15) is 36.0 Å². The minimum atomic E-state index is -0.403. The molecule has 0 radical (unpaired) electrons. The van der Waals surface area contributed by atoms with E-state index in [1.54, 1.807) is 25.2 Å². The fraction of sp³-hybridized carbons (Fsp3) is 0.467. The molecule has 2 heterocycles. The predicted molar refractivity (Wildman–Crippen MR) is 75.8 cm³/mol. The van der Waals surface area contributed by atoms with E-state index in [9.17, 15) is 9.59 Å². The Morgan fingerprint density at radius 2 is 1.85 bits per heavy atom. The highest BCUT2D eigenvalue weighted by Crippen LogP contribution is 2.18. The zero-order valence-corrected chi connectivity index (χ0v) is 11.6. The molecule has 2 aromatic rings. The van der Waals surface area contributed by atoms with Gasteiger partial charge in [0.25, 0.3) is 5.91 Å². The van der Waals surface area contributed by atoms with Gasteiger partial charge in [-0.3, -0.25) is 9.36 Å². The van der Waals surface area contributed by atoms with Gasteiger partial charge in [0.1, 0.15) is 0 Å². The van der Waals surface area contributed by atoms with Gasteiger partial charge < -0.3 is 9.32 Å². The molecule has 1 aliphatic heterocycles. The molecule has 1 fully saturated rings. The van der Waals surface area contributed by atoms with Gasteiger partial charge in [0, 0.05) is 25.7 Å². The van der Waals surface area contributed by atoms with Gasteiger partial charge in [0.2, 0.25) is 0 Å². The number of carbonyl (C=O) groups is 1. The average molecular weight is 274 g/mol. The summed E-state index contributed by atoms with van der Waals surface area (Å²) in [6.45, 7) is 1.63. The Bertz CT molecular complexity index is 691. The van der Waals surface area contributed by atoms with Crippen molar-refractivity contribution < 1.29 is 9.21 Å². The van der Waals surface area contributed by atoms with Crippen molar-refractivity contribution in [3.63, 3.8) is 0 Å². The van der Waals surface area contributed by atoms with Crippen molar-refractivity contribution in [2.75, 3.05) is 13.1 Å². The Morgan fingerprint density at radius 1 is 1.15 bits per heavy atom. The summed E-state index contributed by atoms with van der Waals surface area (Å²) < 4.78 is 6.58. The third-order valence-electron chi connectivity index (χ3n) is 3.93. The summed E-state index contributed by atoms with van der Waals surface area (Å²) in [5.41, 5.74) is 1.77. The molecule has 0 saturated carbocycles. The first-order valence-corrected chi connectivity index (χ1v) is 7.06. The van der Waals surface area contributed by atoms with Crippen LogP contribution in [0.4, 0.5) is 0 Å². The molecule has 3 rings (SSSR count). The van der Waals surface area contributed by atoms with Gasteiger partial charge in [-0.05, 0) is 31.0 Å². The Kier molecular flexibility index (Phi) is 3.34. The van der Waals surface area contributed by atoms with E-state index in [0.717, 1.165) is 25.9 Å². The van der Waals surface area contributed by atoms with Gasteiger partial charge in [-0.1, -0.05) is 12.8 Å². The topological polar surface area (TPSA) is 55.5 Å². The van der Waals surface area contributed by atoms with Gasteiger partial charge >= 0.3 is 5.76 Å². The molecular weight excluding hydrogens is 256 g/mol. The molecule has 1 amide bonds. The summed E-state index contributed by atoms with van der Waals surface area (Å²) in [6.07, 6.45) is 4.51. The first-order chi connectivity index (χ1) is 9.66. The first-order valence-electron chi connectivity index (χ1n) is 7.06. The van der Waals surface area contributed by atoms with Gasteiger partial charge in [0.05, 0.1) is 5.52 Å². The normalized spacial score (nSPS) is 16.4. The van der Waals surface area contributed by atoms with Crippen LogP contribution in [0.3, 0.4) is 0 Å². The number of likely N-dealkylation sites (tertiary alicyclic amines) is 1. The van der Waals surface area contributed by atoms with E-state index in [0.29, 0.717) is 16.7 Å². The smallest absolute Gasteiger partial charge is 0.408 e. The number of aromatic nitrogens is 1. The summed E-state index contributed by atoms with van der Waals surface area (Å²) in [5.74, 6) is -0.375. The molecule has 0 aliphatic carbocycles. The van der Waals surface area contributed by atoms with Crippen LogP contribution < -0.4 is 5.76 Å². The Labute approximate surface area is 116 Å². The largest absolute Gasteiger partial charge is 0.419 e. The van der Waals surface area contributed by atoms with Crippen molar-refractivity contribution in [2.24, 2.45) is 7.05 Å². The summed E-state index contributed by atoms with van der Waals surface area (Å²) >= 11 is 0. The Morgan fingerprint density at radius 3 is 2.55 bits per heavy atom. The summed E-state index contributed by atoms with van der Waals surface area (Å²) in [5, 5.41) is 0. The van der Waals surface area contributed by atoms with Crippen LogP contribution in [0.15, 0.2) is 27.4 Å². The van der Waals surface area contributed by atoms with E-state index in [1.165, 1.54) is 17.4 Å². The number of benzene rings is 1. The van der Waals surface area contributed by atoms with Crippen molar-refractivity contribution in [2.45, 2.75) is 25.7 Å². The second kappa shape index (κ2) is 5.15. The van der Waals surface area contributed by atoms with Crippen LogP contribution in [0.5, 0.6) is 0 Å². The number of carbonyl (C=O) groups excluding carboxylic acids is 1. The van der Waals surface area contributed by atoms with Crippen molar-refractivity contribution >= 4 is 17.0 Å². The number of oxazole rings is 1. The number of hydrogen-bond donors (Lipinski definition) is 0. The van der Waals surface area contributed by atoms with Crippen molar-refractivity contribution in [1.29, 1.82) is 0 Å². The van der Waals surface area contributed by atoms with Gasteiger partial charge in [-0.15, -0.1) is 0 Å². The molecule has 106 valence electrons. The molecule has 20 heavy (non-hydrogen) atoms. The number of aryl methyl sites for hydroxylation is 1. The quantitative estimate of drug-likeness (QED) is 0.800. The summed E-state index contributed by atoms with van der Waals surface area (Å²) in [7, 11) is 1.66. The van der Waals surface area contributed by atoms with Crippen LogP contribution in [-0.2, 0) is 7.05 Å². The summed E-state index contributed by atoms with van der Waals surface area (Å²) in [6, 6.07) is 5.21. The van der Waals surface area contributed by atoms with Crippen LogP contribution >= 0.6 is 0 Å². The maximum absolute atomic E-state index is 12.5.